The van der Waals surface area contributed by atoms with Crippen LogP contribution < -0.4 is 5.73 Å². The van der Waals surface area contributed by atoms with Gasteiger partial charge in [-0.05, 0) is 25.8 Å². The van der Waals surface area contributed by atoms with Gasteiger partial charge in [-0.2, -0.15) is 0 Å². The highest BCUT2D eigenvalue weighted by atomic mass is 16.1. The Hall–Kier alpha value is -0.630. The van der Waals surface area contributed by atoms with E-state index in [-0.39, 0.29) is 0 Å². The fourth-order valence-corrected chi connectivity index (χ4v) is 0.697. The van der Waals surface area contributed by atoms with E-state index in [2.05, 4.69) is 60.8 Å². The molecule has 0 aliphatic rings. The van der Waals surface area contributed by atoms with Crippen LogP contribution in [0.3, 0.4) is 0 Å². The minimum Gasteiger partial charge on any atom is -0.333 e. The summed E-state index contributed by atoms with van der Waals surface area (Å²) in [6, 6.07) is 0. The topological polar surface area (TPSA) is 43.1 Å². The second-order valence-corrected chi connectivity index (χ2v) is 4.72. The minimum atomic E-state index is 0.648. The van der Waals surface area contributed by atoms with Crippen molar-refractivity contribution in [1.29, 1.82) is 0 Å². The maximum Gasteiger partial charge on any atom is 0.116 e. The fraction of sp³-hybridized carbons (Fsp3) is 0.833. The largest absolute Gasteiger partial charge is 0.333 e. The number of rotatable bonds is 4. The van der Waals surface area contributed by atoms with Crippen LogP contribution >= 0.6 is 0 Å². The van der Waals surface area contributed by atoms with E-state index in [1.807, 2.05) is 6.08 Å². The molecule has 1 unspecified atom stereocenters. The fourth-order valence-electron chi connectivity index (χ4n) is 0.697. The summed E-state index contributed by atoms with van der Waals surface area (Å²) in [4.78, 5) is 8.81. The highest BCUT2D eigenvalue weighted by molar-refractivity contribution is 5.44. The van der Waals surface area contributed by atoms with Crippen LogP contribution in [0.1, 0.15) is 81.1 Å². The molecule has 0 heterocycles. The van der Waals surface area contributed by atoms with Crippen molar-refractivity contribution in [1.82, 2.24) is 0 Å². The Balaban J connectivity index is -0.0000000510. The molecule has 0 aromatic heterocycles. The van der Waals surface area contributed by atoms with Gasteiger partial charge in [0.2, 0.25) is 0 Å². The van der Waals surface area contributed by atoms with Crippen LogP contribution in [0.25, 0.3) is 0 Å². The molecule has 0 aliphatic heterocycles. The van der Waals surface area contributed by atoms with E-state index < -0.39 is 0 Å². The zero-order chi connectivity index (χ0) is 17.4. The molecule has 0 aromatic carbocycles. The average Bonchev–Trinajstić information content (AvgIpc) is 2.43. The first-order valence-electron chi connectivity index (χ1n) is 8.01. The number of carbonyl (C=O) groups excluding carboxylic acids is 1. The van der Waals surface area contributed by atoms with Gasteiger partial charge in [0.15, 0.2) is 0 Å². The molecule has 2 heteroatoms. The van der Waals surface area contributed by atoms with Crippen LogP contribution in [0.15, 0.2) is 12.7 Å². The molecule has 0 saturated carbocycles. The van der Waals surface area contributed by atoms with Gasteiger partial charge in [-0.25, -0.2) is 0 Å². The third kappa shape index (κ3) is 115. The first-order valence-corrected chi connectivity index (χ1v) is 8.01. The normalized spacial score (nSPS) is 8.95. The van der Waals surface area contributed by atoms with Gasteiger partial charge >= 0.3 is 0 Å². The smallest absolute Gasteiger partial charge is 0.116 e. The Morgan fingerprint density at radius 1 is 1.05 bits per heavy atom. The summed E-state index contributed by atoms with van der Waals surface area (Å²) < 4.78 is 0. The van der Waals surface area contributed by atoms with Gasteiger partial charge in [0.05, 0.1) is 0 Å². The zero-order valence-electron chi connectivity index (χ0n) is 15.8. The van der Waals surface area contributed by atoms with Gasteiger partial charge in [-0.15, -0.1) is 6.58 Å². The molecule has 0 fully saturated rings. The van der Waals surface area contributed by atoms with Crippen molar-refractivity contribution in [2.75, 3.05) is 7.05 Å². The van der Waals surface area contributed by atoms with E-state index in [0.29, 0.717) is 5.92 Å². The van der Waals surface area contributed by atoms with Crippen molar-refractivity contribution in [3.8, 4) is 0 Å². The summed E-state index contributed by atoms with van der Waals surface area (Å²) in [5, 5.41) is 0. The molecule has 2 N–H and O–H groups in total. The van der Waals surface area contributed by atoms with Crippen molar-refractivity contribution in [3.05, 3.63) is 12.7 Å². The van der Waals surface area contributed by atoms with Crippen molar-refractivity contribution in [2.24, 2.45) is 17.6 Å². The lowest BCUT2D eigenvalue weighted by Gasteiger charge is -2.02. The molecule has 0 rings (SSSR count). The molecule has 1 atom stereocenters. The number of carbonyl (C=O) groups is 1. The lowest BCUT2D eigenvalue weighted by Crippen LogP contribution is -1.88. The molecule has 0 bridgehead atoms. The van der Waals surface area contributed by atoms with Crippen molar-refractivity contribution in [2.45, 2.75) is 81.1 Å². The molecule has 20 heavy (non-hydrogen) atoms. The highest BCUT2D eigenvalue weighted by Gasteiger charge is 1.92. The molecule has 126 valence electrons. The summed E-state index contributed by atoms with van der Waals surface area (Å²) in [5.41, 5.74) is 4.50. The molecule has 0 amide bonds. The maximum atomic E-state index is 8.81. The standard InChI is InChI=1S/C7H16.C5H10.C3H8.C2H4O.CH5N/c1-4-6-7(3)5-2;1-4-5(2)3;1-3-2;1-2-3;1-2/h7H,4-6H2,1-3H3;4-5H,1H2,2-3H3;3H2,1-2H3;2H,1H3;2H2,1H3. The Bertz CT molecular complexity index is 133. The highest BCUT2D eigenvalue weighted by Crippen LogP contribution is 2.07. The second-order valence-electron chi connectivity index (χ2n) is 4.72. The second kappa shape index (κ2) is 42.9. The lowest BCUT2D eigenvalue weighted by molar-refractivity contribution is -0.106. The van der Waals surface area contributed by atoms with Crippen LogP contribution in [0.5, 0.6) is 0 Å². The van der Waals surface area contributed by atoms with E-state index in [9.17, 15) is 0 Å². The Morgan fingerprint density at radius 3 is 1.35 bits per heavy atom. The molecule has 0 spiro atoms. The van der Waals surface area contributed by atoms with Gasteiger partial charge in [-0.3, -0.25) is 0 Å². The van der Waals surface area contributed by atoms with Crippen LogP contribution in [0.4, 0.5) is 0 Å². The van der Waals surface area contributed by atoms with Crippen LogP contribution in [0.2, 0.25) is 0 Å². The minimum absolute atomic E-state index is 0.648. The summed E-state index contributed by atoms with van der Waals surface area (Å²) in [5.74, 6) is 1.60. The predicted octanol–water partition coefficient (Wildman–Crippen LogP) is 5.86. The first kappa shape index (κ1) is 31.7. The third-order valence-corrected chi connectivity index (χ3v) is 1.95. The maximum absolute atomic E-state index is 8.81. The zero-order valence-corrected chi connectivity index (χ0v) is 15.8. The van der Waals surface area contributed by atoms with E-state index >= 15 is 0 Å². The van der Waals surface area contributed by atoms with Crippen LogP contribution in [-0.2, 0) is 4.79 Å². The molecule has 0 saturated heterocycles. The van der Waals surface area contributed by atoms with Gasteiger partial charge < -0.3 is 10.5 Å². The van der Waals surface area contributed by atoms with Crippen molar-refractivity contribution >= 4 is 6.29 Å². The van der Waals surface area contributed by atoms with E-state index in [1.54, 1.807) is 0 Å². The molecule has 0 aliphatic carbocycles. The number of nitrogens with two attached hydrogens (primary N) is 1. The monoisotopic (exact) mass is 289 g/mol. The SMILES string of the molecule is C=CC(C)C.CC=O.CCC.CCCC(C)CC.CN. The van der Waals surface area contributed by atoms with Crippen molar-refractivity contribution in [3.63, 3.8) is 0 Å². The summed E-state index contributed by atoms with van der Waals surface area (Å²) in [6.45, 7) is 20.3. The molecular weight excluding hydrogens is 246 g/mol. The summed E-state index contributed by atoms with van der Waals surface area (Å²) >= 11 is 0. The quantitative estimate of drug-likeness (QED) is 0.520. The lowest BCUT2D eigenvalue weighted by atomic mass is 10.0. The Labute approximate surface area is 130 Å². The Kier molecular flexibility index (Phi) is 67.9. The Morgan fingerprint density at radius 2 is 1.30 bits per heavy atom. The number of aldehydes is 1. The van der Waals surface area contributed by atoms with Crippen LogP contribution in [-0.4, -0.2) is 13.3 Å². The molecule has 0 aromatic rings. The van der Waals surface area contributed by atoms with Crippen LogP contribution in [0, 0.1) is 11.8 Å². The molecule has 0 radical (unpaired) electrons. The van der Waals surface area contributed by atoms with E-state index in [0.717, 1.165) is 12.2 Å². The molecular formula is C18H43NO. The number of hydrogen-bond acceptors (Lipinski definition) is 2. The first-order chi connectivity index (χ1) is 9.41. The van der Waals surface area contributed by atoms with Gasteiger partial charge in [0, 0.05) is 0 Å². The molecule has 2 nitrogen and oxygen atoms in total. The van der Waals surface area contributed by atoms with Gasteiger partial charge in [0.1, 0.15) is 6.29 Å². The van der Waals surface area contributed by atoms with E-state index in [4.69, 9.17) is 4.79 Å². The predicted molar refractivity (Wildman–Crippen MR) is 97.2 cm³/mol. The average molecular weight is 290 g/mol. The van der Waals surface area contributed by atoms with E-state index in [1.165, 1.54) is 39.7 Å². The summed E-state index contributed by atoms with van der Waals surface area (Å²) in [7, 11) is 1.50. The van der Waals surface area contributed by atoms with Gasteiger partial charge in [-0.1, -0.05) is 80.2 Å². The third-order valence-electron chi connectivity index (χ3n) is 1.95. The van der Waals surface area contributed by atoms with Gasteiger partial charge in [0.25, 0.3) is 0 Å². The summed E-state index contributed by atoms with van der Waals surface area (Å²) in [6.07, 6.45) is 8.00. The number of hydrogen-bond donors (Lipinski definition) is 1. The number of allylic oxidation sites excluding steroid dienone is 1. The van der Waals surface area contributed by atoms with Crippen molar-refractivity contribution < 1.29 is 4.79 Å².